The van der Waals surface area contributed by atoms with Crippen molar-refractivity contribution in [2.45, 2.75) is 13.2 Å². The first-order valence-electron chi connectivity index (χ1n) is 7.06. The molecule has 1 heterocycles. The molecule has 0 aliphatic carbocycles. The van der Waals surface area contributed by atoms with Crippen molar-refractivity contribution in [3.8, 4) is 5.75 Å². The first-order valence-corrected chi connectivity index (χ1v) is 7.06. The summed E-state index contributed by atoms with van der Waals surface area (Å²) in [5, 5.41) is 4.27. The number of aromatic nitrogens is 1. The van der Waals surface area contributed by atoms with Crippen LogP contribution in [0.4, 0.5) is 0 Å². The minimum Gasteiger partial charge on any atom is -0.487 e. The lowest BCUT2D eigenvalue weighted by Gasteiger charge is -2.11. The highest BCUT2D eigenvalue weighted by molar-refractivity contribution is 5.79. The number of pyridine rings is 1. The van der Waals surface area contributed by atoms with Crippen LogP contribution in [0.5, 0.6) is 5.75 Å². The second kappa shape index (κ2) is 6.37. The van der Waals surface area contributed by atoms with Crippen LogP contribution in [-0.2, 0) is 13.2 Å². The van der Waals surface area contributed by atoms with Crippen LogP contribution in [0, 0.1) is 0 Å². The number of benzene rings is 2. The molecule has 0 bridgehead atoms. The van der Waals surface area contributed by atoms with Crippen molar-refractivity contribution in [3.63, 3.8) is 0 Å². The summed E-state index contributed by atoms with van der Waals surface area (Å²) in [6.45, 7) is 1.40. The van der Waals surface area contributed by atoms with Crippen LogP contribution in [0.2, 0.25) is 0 Å². The van der Waals surface area contributed by atoms with Gasteiger partial charge in [-0.1, -0.05) is 42.5 Å². The quantitative estimate of drug-likeness (QED) is 0.775. The van der Waals surface area contributed by atoms with Gasteiger partial charge in [0.2, 0.25) is 0 Å². The molecule has 3 rings (SSSR count). The van der Waals surface area contributed by atoms with Gasteiger partial charge in [0.1, 0.15) is 12.4 Å². The Morgan fingerprint density at radius 1 is 1.00 bits per heavy atom. The Balaban J connectivity index is 1.77. The fourth-order valence-electron chi connectivity index (χ4n) is 2.35. The molecule has 0 atom stereocenters. The first kappa shape index (κ1) is 13.6. The van der Waals surface area contributed by atoms with Gasteiger partial charge in [0.25, 0.3) is 0 Å². The van der Waals surface area contributed by atoms with E-state index in [1.807, 2.05) is 49.5 Å². The van der Waals surface area contributed by atoms with Crippen LogP contribution >= 0.6 is 0 Å². The molecule has 0 radical (unpaired) electrons. The van der Waals surface area contributed by atoms with Gasteiger partial charge < -0.3 is 10.1 Å². The van der Waals surface area contributed by atoms with Gasteiger partial charge in [-0.2, -0.15) is 0 Å². The van der Waals surface area contributed by atoms with Gasteiger partial charge >= 0.3 is 0 Å². The molecule has 0 unspecified atom stereocenters. The standard InChI is InChI=1S/C18H18N2O/c1-19-11-15-7-2-3-8-16(15)13-21-17-10-14-6-4-5-9-18(14)20-12-17/h2-10,12,19H,11,13H2,1H3. The van der Waals surface area contributed by atoms with Gasteiger partial charge in [-0.15, -0.1) is 0 Å². The molecule has 0 amide bonds. The maximum atomic E-state index is 5.90. The Kier molecular flexibility index (Phi) is 4.12. The van der Waals surface area contributed by atoms with E-state index in [9.17, 15) is 0 Å². The van der Waals surface area contributed by atoms with E-state index in [4.69, 9.17) is 4.74 Å². The van der Waals surface area contributed by atoms with Crippen LogP contribution in [0.1, 0.15) is 11.1 Å². The van der Waals surface area contributed by atoms with Crippen molar-refractivity contribution in [2.24, 2.45) is 0 Å². The SMILES string of the molecule is CNCc1ccccc1COc1cnc2ccccc2c1. The molecule has 3 heteroatoms. The van der Waals surface area contributed by atoms with E-state index in [1.54, 1.807) is 6.20 Å². The van der Waals surface area contributed by atoms with Crippen molar-refractivity contribution in [1.82, 2.24) is 10.3 Å². The van der Waals surface area contributed by atoms with E-state index in [-0.39, 0.29) is 0 Å². The highest BCUT2D eigenvalue weighted by Gasteiger charge is 2.03. The zero-order valence-corrected chi connectivity index (χ0v) is 12.0. The molecule has 3 nitrogen and oxygen atoms in total. The molecule has 0 saturated carbocycles. The third-order valence-corrected chi connectivity index (χ3v) is 3.45. The average Bonchev–Trinajstić information content (AvgIpc) is 2.54. The molecule has 2 aromatic carbocycles. The van der Waals surface area contributed by atoms with Gasteiger partial charge in [0.15, 0.2) is 0 Å². The van der Waals surface area contributed by atoms with Gasteiger partial charge in [-0.05, 0) is 30.3 Å². The Morgan fingerprint density at radius 3 is 2.62 bits per heavy atom. The Hall–Kier alpha value is -2.39. The summed E-state index contributed by atoms with van der Waals surface area (Å²) in [5.74, 6) is 0.799. The van der Waals surface area contributed by atoms with Gasteiger partial charge in [-0.3, -0.25) is 4.98 Å². The summed E-state index contributed by atoms with van der Waals surface area (Å²) in [6.07, 6.45) is 1.78. The predicted molar refractivity (Wildman–Crippen MR) is 85.3 cm³/mol. The lowest BCUT2D eigenvalue weighted by Crippen LogP contribution is -2.09. The van der Waals surface area contributed by atoms with Crippen molar-refractivity contribution < 1.29 is 4.74 Å². The molecule has 0 aliphatic heterocycles. The van der Waals surface area contributed by atoms with Crippen molar-refractivity contribution >= 4 is 10.9 Å². The highest BCUT2D eigenvalue weighted by atomic mass is 16.5. The van der Waals surface area contributed by atoms with Gasteiger partial charge in [0.05, 0.1) is 11.7 Å². The first-order chi connectivity index (χ1) is 10.4. The number of nitrogens with zero attached hydrogens (tertiary/aromatic N) is 1. The molecule has 3 aromatic rings. The van der Waals surface area contributed by atoms with Crippen LogP contribution in [-0.4, -0.2) is 12.0 Å². The molecule has 1 N–H and O–H groups in total. The normalized spacial score (nSPS) is 10.7. The van der Waals surface area contributed by atoms with Gasteiger partial charge in [0, 0.05) is 11.9 Å². The number of para-hydroxylation sites is 1. The van der Waals surface area contributed by atoms with E-state index >= 15 is 0 Å². The Bertz CT molecular complexity index is 740. The summed E-state index contributed by atoms with van der Waals surface area (Å²) in [4.78, 5) is 4.41. The number of fused-ring (bicyclic) bond motifs is 1. The highest BCUT2D eigenvalue weighted by Crippen LogP contribution is 2.19. The maximum absolute atomic E-state index is 5.90. The van der Waals surface area contributed by atoms with Crippen molar-refractivity contribution in [2.75, 3.05) is 7.05 Å². The molecule has 0 aliphatic rings. The average molecular weight is 278 g/mol. The summed E-state index contributed by atoms with van der Waals surface area (Å²) < 4.78 is 5.90. The number of hydrogen-bond acceptors (Lipinski definition) is 3. The molecule has 106 valence electrons. The third kappa shape index (κ3) is 3.20. The maximum Gasteiger partial charge on any atom is 0.138 e. The van der Waals surface area contributed by atoms with Crippen LogP contribution in [0.25, 0.3) is 10.9 Å². The van der Waals surface area contributed by atoms with Crippen molar-refractivity contribution in [3.05, 3.63) is 71.9 Å². The Morgan fingerprint density at radius 2 is 1.76 bits per heavy atom. The monoisotopic (exact) mass is 278 g/mol. The third-order valence-electron chi connectivity index (χ3n) is 3.45. The topological polar surface area (TPSA) is 34.1 Å². The fourth-order valence-corrected chi connectivity index (χ4v) is 2.35. The minimum absolute atomic E-state index is 0.553. The molecule has 1 aromatic heterocycles. The predicted octanol–water partition coefficient (Wildman–Crippen LogP) is 3.53. The van der Waals surface area contributed by atoms with Crippen LogP contribution < -0.4 is 10.1 Å². The van der Waals surface area contributed by atoms with E-state index < -0.39 is 0 Å². The summed E-state index contributed by atoms with van der Waals surface area (Å²) >= 11 is 0. The van der Waals surface area contributed by atoms with Crippen molar-refractivity contribution in [1.29, 1.82) is 0 Å². The fraction of sp³-hybridized carbons (Fsp3) is 0.167. The number of ether oxygens (including phenoxy) is 1. The zero-order chi connectivity index (χ0) is 14.5. The zero-order valence-electron chi connectivity index (χ0n) is 12.0. The van der Waals surface area contributed by atoms with E-state index in [0.717, 1.165) is 23.2 Å². The summed E-state index contributed by atoms with van der Waals surface area (Å²) in [6, 6.07) is 18.4. The lowest BCUT2D eigenvalue weighted by atomic mass is 10.1. The number of nitrogens with one attached hydrogen (secondary N) is 1. The molecule has 0 fully saturated rings. The minimum atomic E-state index is 0.553. The molecule has 0 saturated heterocycles. The second-order valence-corrected chi connectivity index (χ2v) is 4.95. The molecule has 21 heavy (non-hydrogen) atoms. The number of rotatable bonds is 5. The molecular formula is C18H18N2O. The molecular weight excluding hydrogens is 260 g/mol. The summed E-state index contributed by atoms with van der Waals surface area (Å²) in [7, 11) is 1.95. The van der Waals surface area contributed by atoms with E-state index in [1.165, 1.54) is 11.1 Å². The van der Waals surface area contributed by atoms with Crippen LogP contribution in [0.15, 0.2) is 60.8 Å². The van der Waals surface area contributed by atoms with E-state index in [0.29, 0.717) is 6.61 Å². The van der Waals surface area contributed by atoms with Crippen LogP contribution in [0.3, 0.4) is 0 Å². The second-order valence-electron chi connectivity index (χ2n) is 4.95. The summed E-state index contributed by atoms with van der Waals surface area (Å²) in [5.41, 5.74) is 3.44. The Labute approximate surface area is 124 Å². The largest absolute Gasteiger partial charge is 0.487 e. The van der Waals surface area contributed by atoms with E-state index in [2.05, 4.69) is 22.4 Å². The smallest absolute Gasteiger partial charge is 0.138 e. The lowest BCUT2D eigenvalue weighted by molar-refractivity contribution is 0.304. The van der Waals surface area contributed by atoms with Gasteiger partial charge in [-0.25, -0.2) is 0 Å². The number of hydrogen-bond donors (Lipinski definition) is 1. The molecule has 0 spiro atoms.